The summed E-state index contributed by atoms with van der Waals surface area (Å²) in [6.07, 6.45) is 2.46. The van der Waals surface area contributed by atoms with Gasteiger partial charge in [0.2, 0.25) is 0 Å². The topological polar surface area (TPSA) is 56.0 Å². The lowest BCUT2D eigenvalue weighted by Gasteiger charge is -2.16. The Morgan fingerprint density at radius 3 is 2.71 bits per heavy atom. The van der Waals surface area contributed by atoms with E-state index in [-0.39, 0.29) is 5.78 Å². The summed E-state index contributed by atoms with van der Waals surface area (Å²) >= 11 is 0. The Labute approximate surface area is 84.3 Å². The van der Waals surface area contributed by atoms with Crippen molar-refractivity contribution in [2.75, 3.05) is 0 Å². The lowest BCUT2D eigenvalue weighted by atomic mass is 9.97. The molecule has 0 aliphatic carbocycles. The van der Waals surface area contributed by atoms with E-state index in [2.05, 4.69) is 4.98 Å². The maximum absolute atomic E-state index is 11.5. The number of carbonyl (C=O) groups is 1. The fraction of sp³-hybridized carbons (Fsp3) is 0.455. The van der Waals surface area contributed by atoms with Gasteiger partial charge in [0.1, 0.15) is 5.78 Å². The zero-order chi connectivity index (χ0) is 10.6. The maximum Gasteiger partial charge on any atom is 0.140 e. The van der Waals surface area contributed by atoms with Crippen LogP contribution in [0.4, 0.5) is 0 Å². The van der Waals surface area contributed by atoms with Crippen LogP contribution in [-0.2, 0) is 11.2 Å². The van der Waals surface area contributed by atoms with Crippen molar-refractivity contribution in [1.82, 2.24) is 4.98 Å². The third-order valence-corrected chi connectivity index (χ3v) is 1.76. The monoisotopic (exact) mass is 192 g/mol. The van der Waals surface area contributed by atoms with E-state index in [0.717, 1.165) is 5.69 Å². The molecule has 0 amide bonds. The Kier molecular flexibility index (Phi) is 3.36. The van der Waals surface area contributed by atoms with Gasteiger partial charge in [0.25, 0.3) is 0 Å². The zero-order valence-corrected chi connectivity index (χ0v) is 8.66. The van der Waals surface area contributed by atoms with E-state index in [1.165, 1.54) is 0 Å². The number of hydrogen-bond donors (Lipinski definition) is 1. The molecule has 0 aliphatic rings. The molecule has 0 atom stereocenters. The van der Waals surface area contributed by atoms with E-state index in [4.69, 9.17) is 5.73 Å². The lowest BCUT2D eigenvalue weighted by Crippen LogP contribution is -2.35. The van der Waals surface area contributed by atoms with Crippen LogP contribution in [0.5, 0.6) is 0 Å². The fourth-order valence-electron chi connectivity index (χ4n) is 1.28. The van der Waals surface area contributed by atoms with Crippen molar-refractivity contribution in [2.45, 2.75) is 32.2 Å². The summed E-state index contributed by atoms with van der Waals surface area (Å²) in [5.41, 5.74) is 6.13. The molecule has 0 saturated carbocycles. The zero-order valence-electron chi connectivity index (χ0n) is 8.66. The van der Waals surface area contributed by atoms with Crippen LogP contribution >= 0.6 is 0 Å². The lowest BCUT2D eigenvalue weighted by molar-refractivity contribution is -0.119. The highest BCUT2D eigenvalue weighted by Gasteiger charge is 2.16. The third kappa shape index (κ3) is 4.14. The van der Waals surface area contributed by atoms with Crippen LogP contribution in [0.25, 0.3) is 0 Å². The van der Waals surface area contributed by atoms with Crippen molar-refractivity contribution in [2.24, 2.45) is 5.73 Å². The smallest absolute Gasteiger partial charge is 0.140 e. The van der Waals surface area contributed by atoms with E-state index in [0.29, 0.717) is 12.8 Å². The Bertz CT molecular complexity index is 301. The quantitative estimate of drug-likeness (QED) is 0.782. The molecule has 0 radical (unpaired) electrons. The molecule has 76 valence electrons. The Hall–Kier alpha value is -1.22. The summed E-state index contributed by atoms with van der Waals surface area (Å²) in [7, 11) is 0. The first-order valence-electron chi connectivity index (χ1n) is 4.68. The van der Waals surface area contributed by atoms with Crippen molar-refractivity contribution in [1.29, 1.82) is 0 Å². The Balaban J connectivity index is 2.50. The number of nitrogens with zero attached hydrogens (tertiary/aromatic N) is 1. The average Bonchev–Trinajstić information content (AvgIpc) is 2.02. The highest BCUT2D eigenvalue weighted by molar-refractivity contribution is 5.81. The fourth-order valence-corrected chi connectivity index (χ4v) is 1.28. The minimum atomic E-state index is -0.425. The highest BCUT2D eigenvalue weighted by Crippen LogP contribution is 2.07. The molecule has 0 aromatic carbocycles. The standard InChI is InChI=1S/C11H16N2O/c1-11(2,12)8-10(14)7-9-5-3-4-6-13-9/h3-6H,7-8,12H2,1-2H3. The molecule has 1 aromatic rings. The second kappa shape index (κ2) is 4.33. The number of nitrogens with two attached hydrogens (primary N) is 1. The maximum atomic E-state index is 11.5. The molecule has 0 unspecified atom stereocenters. The molecular formula is C11H16N2O. The van der Waals surface area contributed by atoms with E-state index < -0.39 is 5.54 Å². The number of rotatable bonds is 4. The first kappa shape index (κ1) is 10.9. The largest absolute Gasteiger partial charge is 0.325 e. The van der Waals surface area contributed by atoms with E-state index >= 15 is 0 Å². The molecule has 0 spiro atoms. The van der Waals surface area contributed by atoms with Crippen molar-refractivity contribution in [3.05, 3.63) is 30.1 Å². The van der Waals surface area contributed by atoms with Gasteiger partial charge in [-0.2, -0.15) is 0 Å². The second-order valence-corrected chi connectivity index (χ2v) is 4.20. The predicted molar refractivity (Wildman–Crippen MR) is 55.8 cm³/mol. The second-order valence-electron chi connectivity index (χ2n) is 4.20. The summed E-state index contributed by atoms with van der Waals surface area (Å²) < 4.78 is 0. The number of Topliss-reactive ketones (excluding diaryl/α,β-unsaturated/α-hetero) is 1. The molecule has 1 heterocycles. The molecule has 1 aromatic heterocycles. The number of aromatic nitrogens is 1. The molecule has 14 heavy (non-hydrogen) atoms. The molecule has 0 bridgehead atoms. The predicted octanol–water partition coefficient (Wildman–Crippen LogP) is 1.32. The summed E-state index contributed by atoms with van der Waals surface area (Å²) in [6.45, 7) is 3.70. The van der Waals surface area contributed by atoms with E-state index in [1.807, 2.05) is 32.0 Å². The minimum absolute atomic E-state index is 0.135. The normalized spacial score (nSPS) is 11.4. The van der Waals surface area contributed by atoms with Crippen LogP contribution in [0, 0.1) is 0 Å². The number of pyridine rings is 1. The SMILES string of the molecule is CC(C)(N)CC(=O)Cc1ccccn1. The van der Waals surface area contributed by atoms with Crippen molar-refractivity contribution in [3.63, 3.8) is 0 Å². The Morgan fingerprint density at radius 2 is 2.21 bits per heavy atom. The molecule has 2 N–H and O–H groups in total. The molecule has 0 aliphatic heterocycles. The van der Waals surface area contributed by atoms with Crippen LogP contribution in [0.3, 0.4) is 0 Å². The number of ketones is 1. The van der Waals surface area contributed by atoms with Gasteiger partial charge in [0.15, 0.2) is 0 Å². The van der Waals surface area contributed by atoms with Gasteiger partial charge in [-0.15, -0.1) is 0 Å². The van der Waals surface area contributed by atoms with Gasteiger partial charge in [-0.05, 0) is 26.0 Å². The molecule has 3 nitrogen and oxygen atoms in total. The minimum Gasteiger partial charge on any atom is -0.325 e. The van der Waals surface area contributed by atoms with Crippen LogP contribution in [-0.4, -0.2) is 16.3 Å². The van der Waals surface area contributed by atoms with E-state index in [9.17, 15) is 4.79 Å². The molecule has 1 rings (SSSR count). The van der Waals surface area contributed by atoms with Crippen LogP contribution in [0.1, 0.15) is 26.0 Å². The summed E-state index contributed by atoms with van der Waals surface area (Å²) in [5.74, 6) is 0.135. The highest BCUT2D eigenvalue weighted by atomic mass is 16.1. The first-order valence-corrected chi connectivity index (χ1v) is 4.68. The third-order valence-electron chi connectivity index (χ3n) is 1.76. The van der Waals surface area contributed by atoms with Crippen molar-refractivity contribution in [3.8, 4) is 0 Å². The van der Waals surface area contributed by atoms with Gasteiger partial charge in [0, 0.05) is 30.3 Å². The van der Waals surface area contributed by atoms with Gasteiger partial charge < -0.3 is 5.73 Å². The summed E-state index contributed by atoms with van der Waals surface area (Å²) in [5, 5.41) is 0. The number of hydrogen-bond acceptors (Lipinski definition) is 3. The molecule has 0 saturated heterocycles. The first-order chi connectivity index (χ1) is 6.47. The number of carbonyl (C=O) groups excluding carboxylic acids is 1. The Morgan fingerprint density at radius 1 is 1.50 bits per heavy atom. The van der Waals surface area contributed by atoms with Gasteiger partial charge in [0.05, 0.1) is 0 Å². The summed E-state index contributed by atoms with van der Waals surface area (Å²) in [6, 6.07) is 5.56. The van der Waals surface area contributed by atoms with Gasteiger partial charge in [-0.3, -0.25) is 9.78 Å². The van der Waals surface area contributed by atoms with Crippen molar-refractivity contribution < 1.29 is 4.79 Å². The van der Waals surface area contributed by atoms with E-state index in [1.54, 1.807) is 6.20 Å². The van der Waals surface area contributed by atoms with Crippen LogP contribution < -0.4 is 5.73 Å². The van der Waals surface area contributed by atoms with Crippen LogP contribution in [0.2, 0.25) is 0 Å². The van der Waals surface area contributed by atoms with Gasteiger partial charge in [-0.1, -0.05) is 6.07 Å². The average molecular weight is 192 g/mol. The van der Waals surface area contributed by atoms with Gasteiger partial charge in [-0.25, -0.2) is 0 Å². The van der Waals surface area contributed by atoms with Crippen LogP contribution in [0.15, 0.2) is 24.4 Å². The summed E-state index contributed by atoms with van der Waals surface area (Å²) in [4.78, 5) is 15.6. The molecule has 0 fully saturated rings. The molecule has 3 heteroatoms. The van der Waals surface area contributed by atoms with Crippen molar-refractivity contribution >= 4 is 5.78 Å². The molecular weight excluding hydrogens is 176 g/mol. The van der Waals surface area contributed by atoms with Gasteiger partial charge >= 0.3 is 0 Å².